The number of halogens is 2. The minimum atomic E-state index is -0.232. The Morgan fingerprint density at radius 1 is 1.37 bits per heavy atom. The smallest absolute Gasteiger partial charge is 0.126 e. The van der Waals surface area contributed by atoms with Gasteiger partial charge < -0.3 is 0 Å². The fraction of sp³-hybridized carbons (Fsp3) is 0.214. The van der Waals surface area contributed by atoms with E-state index in [0.717, 1.165) is 15.6 Å². The predicted octanol–water partition coefficient (Wildman–Crippen LogP) is 3.04. The Bertz CT molecular complexity index is 574. The van der Waals surface area contributed by atoms with E-state index in [1.807, 2.05) is 13.0 Å². The van der Waals surface area contributed by atoms with Crippen LogP contribution in [-0.2, 0) is 6.42 Å². The first-order valence-corrected chi connectivity index (χ1v) is 6.71. The van der Waals surface area contributed by atoms with Gasteiger partial charge in [0.1, 0.15) is 5.82 Å². The molecule has 3 nitrogen and oxygen atoms in total. The summed E-state index contributed by atoms with van der Waals surface area (Å²) in [5.41, 5.74) is 5.32. The molecule has 5 heteroatoms. The molecule has 0 fully saturated rings. The van der Waals surface area contributed by atoms with Crippen LogP contribution in [0.3, 0.4) is 0 Å². The summed E-state index contributed by atoms with van der Waals surface area (Å²) in [4.78, 5) is 4.14. The number of nitrogens with two attached hydrogens (primary N) is 1. The molecule has 19 heavy (non-hydrogen) atoms. The SMILES string of the molecule is Cc1cncc(C(Cc2cc(Br)ccc2F)NN)c1. The molecule has 3 N–H and O–H groups in total. The summed E-state index contributed by atoms with van der Waals surface area (Å²) in [6, 6.07) is 6.71. The van der Waals surface area contributed by atoms with Crippen LogP contribution >= 0.6 is 15.9 Å². The Morgan fingerprint density at radius 3 is 2.84 bits per heavy atom. The van der Waals surface area contributed by atoms with Crippen molar-refractivity contribution in [1.29, 1.82) is 0 Å². The van der Waals surface area contributed by atoms with Crippen LogP contribution in [0.4, 0.5) is 4.39 Å². The number of hydrogen-bond acceptors (Lipinski definition) is 3. The van der Waals surface area contributed by atoms with Gasteiger partial charge in [0.25, 0.3) is 0 Å². The van der Waals surface area contributed by atoms with Crippen LogP contribution in [0.25, 0.3) is 0 Å². The van der Waals surface area contributed by atoms with Crippen molar-refractivity contribution in [2.45, 2.75) is 19.4 Å². The molecule has 2 rings (SSSR count). The average Bonchev–Trinajstić information content (AvgIpc) is 2.39. The zero-order valence-corrected chi connectivity index (χ0v) is 12.1. The van der Waals surface area contributed by atoms with Crippen molar-refractivity contribution >= 4 is 15.9 Å². The van der Waals surface area contributed by atoms with Crippen LogP contribution < -0.4 is 11.3 Å². The van der Waals surface area contributed by atoms with Gasteiger partial charge in [0.05, 0.1) is 6.04 Å². The Labute approximate surface area is 120 Å². The maximum atomic E-state index is 13.8. The van der Waals surface area contributed by atoms with Gasteiger partial charge in [-0.3, -0.25) is 16.3 Å². The fourth-order valence-corrected chi connectivity index (χ4v) is 2.37. The summed E-state index contributed by atoms with van der Waals surface area (Å²) in [5, 5.41) is 0. The second kappa shape index (κ2) is 6.23. The number of benzene rings is 1. The van der Waals surface area contributed by atoms with Crippen LogP contribution in [0.2, 0.25) is 0 Å². The second-order valence-electron chi connectivity index (χ2n) is 4.45. The molecule has 0 saturated carbocycles. The molecule has 0 amide bonds. The fourth-order valence-electron chi connectivity index (χ4n) is 1.96. The Kier molecular flexibility index (Phi) is 4.63. The number of hydrazine groups is 1. The third-order valence-corrected chi connectivity index (χ3v) is 3.42. The van der Waals surface area contributed by atoms with E-state index < -0.39 is 0 Å². The molecule has 1 unspecified atom stereocenters. The monoisotopic (exact) mass is 323 g/mol. The number of nitrogens with one attached hydrogen (secondary N) is 1. The predicted molar refractivity (Wildman–Crippen MR) is 76.8 cm³/mol. The standard InChI is InChI=1S/C14H15BrFN3/c1-9-4-11(8-18-7-9)14(19-17)6-10-5-12(15)2-3-13(10)16/h2-5,7-8,14,19H,6,17H2,1H3. The van der Waals surface area contributed by atoms with E-state index in [1.54, 1.807) is 24.5 Å². The number of pyridine rings is 1. The second-order valence-corrected chi connectivity index (χ2v) is 5.37. The van der Waals surface area contributed by atoms with Gasteiger partial charge in [0, 0.05) is 16.9 Å². The quantitative estimate of drug-likeness (QED) is 0.671. The van der Waals surface area contributed by atoms with Gasteiger partial charge in [-0.25, -0.2) is 4.39 Å². The van der Waals surface area contributed by atoms with Gasteiger partial charge in [-0.1, -0.05) is 22.0 Å². The minimum Gasteiger partial charge on any atom is -0.271 e. The van der Waals surface area contributed by atoms with Crippen molar-refractivity contribution in [2.24, 2.45) is 5.84 Å². The highest BCUT2D eigenvalue weighted by Crippen LogP contribution is 2.22. The topological polar surface area (TPSA) is 50.9 Å². The highest BCUT2D eigenvalue weighted by atomic mass is 79.9. The zero-order valence-electron chi connectivity index (χ0n) is 10.5. The lowest BCUT2D eigenvalue weighted by Gasteiger charge is -2.17. The third kappa shape index (κ3) is 3.59. The maximum absolute atomic E-state index is 13.8. The molecular formula is C14H15BrFN3. The van der Waals surface area contributed by atoms with Crippen molar-refractivity contribution in [3.05, 3.63) is 63.6 Å². The van der Waals surface area contributed by atoms with Crippen molar-refractivity contribution in [2.75, 3.05) is 0 Å². The van der Waals surface area contributed by atoms with Crippen LogP contribution in [0.5, 0.6) is 0 Å². The number of rotatable bonds is 4. The molecule has 0 radical (unpaired) electrons. The first-order chi connectivity index (χ1) is 9.10. The van der Waals surface area contributed by atoms with Crippen LogP contribution in [-0.4, -0.2) is 4.98 Å². The number of aryl methyl sites for hydroxylation is 1. The van der Waals surface area contributed by atoms with Gasteiger partial charge >= 0.3 is 0 Å². The highest BCUT2D eigenvalue weighted by molar-refractivity contribution is 9.10. The number of nitrogens with zero attached hydrogens (tertiary/aromatic N) is 1. The van der Waals surface area contributed by atoms with Crippen molar-refractivity contribution in [3.63, 3.8) is 0 Å². The first kappa shape index (κ1) is 14.1. The number of hydrogen-bond donors (Lipinski definition) is 2. The first-order valence-electron chi connectivity index (χ1n) is 5.91. The Hall–Kier alpha value is -1.30. The summed E-state index contributed by atoms with van der Waals surface area (Å²) in [6.07, 6.45) is 3.98. The molecule has 0 aliphatic heterocycles. The van der Waals surface area contributed by atoms with Crippen LogP contribution in [0.1, 0.15) is 22.7 Å². The van der Waals surface area contributed by atoms with Crippen molar-refractivity contribution < 1.29 is 4.39 Å². The van der Waals surface area contributed by atoms with Crippen LogP contribution in [0.15, 0.2) is 41.1 Å². The summed E-state index contributed by atoms with van der Waals surface area (Å²) < 4.78 is 14.6. The van der Waals surface area contributed by atoms with Gasteiger partial charge in [0.2, 0.25) is 0 Å². The zero-order chi connectivity index (χ0) is 13.8. The lowest BCUT2D eigenvalue weighted by Crippen LogP contribution is -2.30. The molecule has 1 aromatic heterocycles. The summed E-state index contributed by atoms with van der Waals surface area (Å²) in [7, 11) is 0. The van der Waals surface area contributed by atoms with Gasteiger partial charge in [-0.05, 0) is 48.2 Å². The van der Waals surface area contributed by atoms with E-state index >= 15 is 0 Å². The van der Waals surface area contributed by atoms with Crippen molar-refractivity contribution in [1.82, 2.24) is 10.4 Å². The number of aromatic nitrogens is 1. The Balaban J connectivity index is 2.26. The molecule has 100 valence electrons. The van der Waals surface area contributed by atoms with Crippen LogP contribution in [0, 0.1) is 12.7 Å². The van der Waals surface area contributed by atoms with E-state index in [-0.39, 0.29) is 11.9 Å². The molecule has 1 heterocycles. The largest absolute Gasteiger partial charge is 0.271 e. The Morgan fingerprint density at radius 2 is 2.16 bits per heavy atom. The summed E-state index contributed by atoms with van der Waals surface area (Å²) in [5.74, 6) is 5.35. The molecule has 0 bridgehead atoms. The lowest BCUT2D eigenvalue weighted by atomic mass is 9.99. The average molecular weight is 324 g/mol. The van der Waals surface area contributed by atoms with E-state index in [9.17, 15) is 4.39 Å². The van der Waals surface area contributed by atoms with Gasteiger partial charge in [-0.15, -0.1) is 0 Å². The molecule has 0 saturated heterocycles. The van der Waals surface area contributed by atoms with E-state index in [1.165, 1.54) is 6.07 Å². The van der Waals surface area contributed by atoms with E-state index in [0.29, 0.717) is 12.0 Å². The summed E-state index contributed by atoms with van der Waals surface area (Å²) >= 11 is 3.35. The molecule has 0 spiro atoms. The van der Waals surface area contributed by atoms with Gasteiger partial charge in [0.15, 0.2) is 0 Å². The normalized spacial score (nSPS) is 12.4. The van der Waals surface area contributed by atoms with Gasteiger partial charge in [-0.2, -0.15) is 0 Å². The molecule has 2 aromatic rings. The highest BCUT2D eigenvalue weighted by Gasteiger charge is 2.14. The lowest BCUT2D eigenvalue weighted by molar-refractivity contribution is 0.527. The minimum absolute atomic E-state index is 0.170. The maximum Gasteiger partial charge on any atom is 0.126 e. The molecule has 0 aliphatic carbocycles. The molecule has 0 aliphatic rings. The third-order valence-electron chi connectivity index (χ3n) is 2.93. The van der Waals surface area contributed by atoms with E-state index in [2.05, 4.69) is 26.3 Å². The molecular weight excluding hydrogens is 309 g/mol. The van der Waals surface area contributed by atoms with Crippen molar-refractivity contribution in [3.8, 4) is 0 Å². The summed E-state index contributed by atoms with van der Waals surface area (Å²) in [6.45, 7) is 1.96. The molecule has 1 atom stereocenters. The molecule has 1 aromatic carbocycles. The van der Waals surface area contributed by atoms with E-state index in [4.69, 9.17) is 5.84 Å².